The Bertz CT molecular complexity index is 583. The Kier molecular flexibility index (Phi) is 5.16. The lowest BCUT2D eigenvalue weighted by Crippen LogP contribution is -2.22. The molecule has 0 amide bonds. The van der Waals surface area contributed by atoms with Crippen LogP contribution in [0.4, 0.5) is 0 Å². The second kappa shape index (κ2) is 7.08. The first-order chi connectivity index (χ1) is 10.2. The summed E-state index contributed by atoms with van der Waals surface area (Å²) in [6, 6.07) is 5.93. The van der Waals surface area contributed by atoms with Crippen LogP contribution in [0.2, 0.25) is 0 Å². The van der Waals surface area contributed by atoms with E-state index >= 15 is 0 Å². The molecule has 0 saturated carbocycles. The molecule has 0 aliphatic carbocycles. The van der Waals surface area contributed by atoms with Crippen LogP contribution in [0.15, 0.2) is 22.7 Å². The van der Waals surface area contributed by atoms with E-state index in [2.05, 4.69) is 22.0 Å². The lowest BCUT2D eigenvalue weighted by Gasteiger charge is -2.19. The molecular formula is C15H21N3O3. The first-order valence-corrected chi connectivity index (χ1v) is 6.88. The third-order valence-electron chi connectivity index (χ3n) is 3.23. The molecule has 21 heavy (non-hydrogen) atoms. The van der Waals surface area contributed by atoms with Gasteiger partial charge in [0, 0.05) is 6.54 Å². The van der Waals surface area contributed by atoms with Crippen molar-refractivity contribution < 1.29 is 14.0 Å². The number of aryl methyl sites for hydroxylation is 1. The van der Waals surface area contributed by atoms with Crippen LogP contribution < -0.4 is 9.47 Å². The van der Waals surface area contributed by atoms with E-state index in [1.54, 1.807) is 14.2 Å². The fourth-order valence-corrected chi connectivity index (χ4v) is 2.11. The van der Waals surface area contributed by atoms with Crippen molar-refractivity contribution in [3.05, 3.63) is 35.5 Å². The number of benzene rings is 1. The predicted molar refractivity (Wildman–Crippen MR) is 78.4 cm³/mol. The Morgan fingerprint density at radius 1 is 1.14 bits per heavy atom. The van der Waals surface area contributed by atoms with Crippen LogP contribution in [0.25, 0.3) is 0 Å². The zero-order valence-electron chi connectivity index (χ0n) is 12.9. The van der Waals surface area contributed by atoms with Gasteiger partial charge in [0.05, 0.1) is 20.8 Å². The molecule has 114 valence electrons. The predicted octanol–water partition coefficient (Wildman–Crippen LogP) is 2.42. The minimum atomic E-state index is 0.631. The highest BCUT2D eigenvalue weighted by molar-refractivity contribution is 5.42. The molecule has 0 radical (unpaired) electrons. The van der Waals surface area contributed by atoms with Gasteiger partial charge < -0.3 is 14.0 Å². The molecule has 0 unspecified atom stereocenters. The van der Waals surface area contributed by atoms with Crippen molar-refractivity contribution in [2.45, 2.75) is 26.9 Å². The second-order valence-corrected chi connectivity index (χ2v) is 4.73. The van der Waals surface area contributed by atoms with Crippen LogP contribution in [-0.4, -0.2) is 35.8 Å². The van der Waals surface area contributed by atoms with Crippen molar-refractivity contribution >= 4 is 0 Å². The molecule has 0 saturated heterocycles. The molecule has 1 heterocycles. The number of methoxy groups -OCH3 is 2. The van der Waals surface area contributed by atoms with Gasteiger partial charge in [0.2, 0.25) is 5.89 Å². The van der Waals surface area contributed by atoms with E-state index in [1.165, 1.54) is 0 Å². The Hall–Kier alpha value is -2.08. The van der Waals surface area contributed by atoms with E-state index in [0.717, 1.165) is 30.2 Å². The van der Waals surface area contributed by atoms with Crippen molar-refractivity contribution in [1.29, 1.82) is 0 Å². The highest BCUT2D eigenvalue weighted by Gasteiger charge is 2.11. The molecule has 0 bridgehead atoms. The van der Waals surface area contributed by atoms with Crippen molar-refractivity contribution in [3.8, 4) is 11.5 Å². The fourth-order valence-electron chi connectivity index (χ4n) is 2.11. The standard InChI is InChI=1S/C15H21N3O3/c1-5-18(10-15-16-11(2)17-21-15)9-12-6-7-13(19-3)14(8-12)20-4/h6-8H,5,9-10H2,1-4H3. The molecule has 0 aliphatic heterocycles. The molecule has 1 aromatic heterocycles. The highest BCUT2D eigenvalue weighted by Crippen LogP contribution is 2.28. The van der Waals surface area contributed by atoms with Gasteiger partial charge >= 0.3 is 0 Å². The maximum Gasteiger partial charge on any atom is 0.240 e. The number of hydrogen-bond acceptors (Lipinski definition) is 6. The van der Waals surface area contributed by atoms with Gasteiger partial charge in [-0.15, -0.1) is 0 Å². The SMILES string of the molecule is CCN(Cc1ccc(OC)c(OC)c1)Cc1nc(C)no1. The summed E-state index contributed by atoms with van der Waals surface area (Å²) in [4.78, 5) is 6.45. The average Bonchev–Trinajstić information content (AvgIpc) is 2.91. The van der Waals surface area contributed by atoms with Gasteiger partial charge in [-0.05, 0) is 31.2 Å². The maximum absolute atomic E-state index is 5.33. The Labute approximate surface area is 124 Å². The van der Waals surface area contributed by atoms with Crippen molar-refractivity contribution in [2.75, 3.05) is 20.8 Å². The van der Waals surface area contributed by atoms with Crippen molar-refractivity contribution in [2.24, 2.45) is 0 Å². The molecule has 0 spiro atoms. The summed E-state index contributed by atoms with van der Waals surface area (Å²) >= 11 is 0. The average molecular weight is 291 g/mol. The maximum atomic E-state index is 5.33. The highest BCUT2D eigenvalue weighted by atomic mass is 16.5. The van der Waals surface area contributed by atoms with Gasteiger partial charge in [-0.25, -0.2) is 0 Å². The summed E-state index contributed by atoms with van der Waals surface area (Å²) in [5, 5.41) is 3.81. The third-order valence-corrected chi connectivity index (χ3v) is 3.23. The summed E-state index contributed by atoms with van der Waals surface area (Å²) in [7, 11) is 3.27. The van der Waals surface area contributed by atoms with Crippen LogP contribution in [0.3, 0.4) is 0 Å². The zero-order chi connectivity index (χ0) is 15.2. The van der Waals surface area contributed by atoms with E-state index in [1.807, 2.05) is 25.1 Å². The first kappa shape index (κ1) is 15.3. The normalized spacial score (nSPS) is 10.9. The Morgan fingerprint density at radius 2 is 1.90 bits per heavy atom. The number of ether oxygens (including phenoxy) is 2. The number of rotatable bonds is 7. The van der Waals surface area contributed by atoms with Gasteiger partial charge in [0.25, 0.3) is 0 Å². The minimum Gasteiger partial charge on any atom is -0.493 e. The molecule has 2 rings (SSSR count). The summed E-state index contributed by atoms with van der Waals surface area (Å²) in [6.07, 6.45) is 0. The molecule has 1 aromatic carbocycles. The molecule has 6 nitrogen and oxygen atoms in total. The molecule has 0 N–H and O–H groups in total. The van der Waals surface area contributed by atoms with E-state index in [-0.39, 0.29) is 0 Å². The summed E-state index contributed by atoms with van der Waals surface area (Å²) in [5.41, 5.74) is 1.14. The lowest BCUT2D eigenvalue weighted by atomic mass is 10.2. The zero-order valence-corrected chi connectivity index (χ0v) is 12.9. The molecule has 0 atom stereocenters. The van der Waals surface area contributed by atoms with E-state index < -0.39 is 0 Å². The molecule has 0 aliphatic rings. The third kappa shape index (κ3) is 3.95. The van der Waals surface area contributed by atoms with Crippen molar-refractivity contribution in [3.63, 3.8) is 0 Å². The number of aromatic nitrogens is 2. The summed E-state index contributed by atoms with van der Waals surface area (Å²) in [6.45, 7) is 6.21. The minimum absolute atomic E-state index is 0.631. The summed E-state index contributed by atoms with van der Waals surface area (Å²) < 4.78 is 15.7. The van der Waals surface area contributed by atoms with E-state index in [9.17, 15) is 0 Å². The number of nitrogens with zero attached hydrogens (tertiary/aromatic N) is 3. The first-order valence-electron chi connectivity index (χ1n) is 6.88. The van der Waals surface area contributed by atoms with Crippen LogP contribution in [-0.2, 0) is 13.1 Å². The van der Waals surface area contributed by atoms with E-state index in [0.29, 0.717) is 18.3 Å². The largest absolute Gasteiger partial charge is 0.493 e. The lowest BCUT2D eigenvalue weighted by molar-refractivity contribution is 0.228. The molecule has 2 aromatic rings. The Balaban J connectivity index is 2.07. The monoisotopic (exact) mass is 291 g/mol. The smallest absolute Gasteiger partial charge is 0.240 e. The number of hydrogen-bond donors (Lipinski definition) is 0. The van der Waals surface area contributed by atoms with Gasteiger partial charge in [0.1, 0.15) is 0 Å². The van der Waals surface area contributed by atoms with Crippen molar-refractivity contribution in [1.82, 2.24) is 15.0 Å². The van der Waals surface area contributed by atoms with E-state index in [4.69, 9.17) is 14.0 Å². The second-order valence-electron chi connectivity index (χ2n) is 4.73. The summed E-state index contributed by atoms with van der Waals surface area (Å²) in [5.74, 6) is 2.76. The fraction of sp³-hybridized carbons (Fsp3) is 0.467. The molecular weight excluding hydrogens is 270 g/mol. The molecule has 6 heteroatoms. The van der Waals surface area contributed by atoms with Gasteiger partial charge in [-0.2, -0.15) is 4.98 Å². The van der Waals surface area contributed by atoms with Crippen LogP contribution in [0.1, 0.15) is 24.2 Å². The van der Waals surface area contributed by atoms with Gasteiger partial charge in [-0.3, -0.25) is 4.90 Å². The Morgan fingerprint density at radius 3 is 2.48 bits per heavy atom. The quantitative estimate of drug-likeness (QED) is 0.780. The van der Waals surface area contributed by atoms with Crippen LogP contribution >= 0.6 is 0 Å². The topological polar surface area (TPSA) is 60.6 Å². The van der Waals surface area contributed by atoms with Gasteiger partial charge in [0.15, 0.2) is 17.3 Å². The molecule has 0 fully saturated rings. The van der Waals surface area contributed by atoms with Crippen LogP contribution in [0, 0.1) is 6.92 Å². The van der Waals surface area contributed by atoms with Crippen LogP contribution in [0.5, 0.6) is 11.5 Å². The van der Waals surface area contributed by atoms with Gasteiger partial charge in [-0.1, -0.05) is 18.1 Å².